The second-order valence-electron chi connectivity index (χ2n) is 4.76. The lowest BCUT2D eigenvalue weighted by atomic mass is 10.1. The molecule has 0 fully saturated rings. The number of anilines is 1. The Balaban J connectivity index is 1.70. The molecule has 2 aromatic carbocycles. The first kappa shape index (κ1) is 13.8. The van der Waals surface area contributed by atoms with Gasteiger partial charge < -0.3 is 10.4 Å². The Kier molecular flexibility index (Phi) is 3.82. The van der Waals surface area contributed by atoms with Crippen LogP contribution < -0.4 is 5.32 Å². The number of carbonyl (C=O) groups excluding carboxylic acids is 1. The van der Waals surface area contributed by atoms with E-state index in [-0.39, 0.29) is 11.7 Å². The Morgan fingerprint density at radius 3 is 2.59 bits per heavy atom. The van der Waals surface area contributed by atoms with Gasteiger partial charge in [-0.2, -0.15) is 5.10 Å². The maximum atomic E-state index is 12.1. The Labute approximate surface area is 127 Å². The van der Waals surface area contributed by atoms with Gasteiger partial charge >= 0.3 is 0 Å². The number of nitrogens with one attached hydrogen (secondary N) is 1. The quantitative estimate of drug-likeness (QED) is 0.723. The van der Waals surface area contributed by atoms with Gasteiger partial charge in [-0.1, -0.05) is 24.3 Å². The van der Waals surface area contributed by atoms with Gasteiger partial charge in [0, 0.05) is 5.56 Å². The van der Waals surface area contributed by atoms with Crippen LogP contribution in [0.25, 0.3) is 0 Å². The second kappa shape index (κ2) is 6.09. The van der Waals surface area contributed by atoms with Crippen LogP contribution in [0.4, 0.5) is 5.69 Å². The number of aromatic nitrogens is 3. The van der Waals surface area contributed by atoms with Crippen molar-refractivity contribution in [2.45, 2.75) is 6.54 Å². The van der Waals surface area contributed by atoms with Crippen molar-refractivity contribution in [2.24, 2.45) is 0 Å². The fourth-order valence-corrected chi connectivity index (χ4v) is 2.04. The zero-order valence-corrected chi connectivity index (χ0v) is 11.7. The molecule has 0 unspecified atom stereocenters. The molecule has 0 radical (unpaired) electrons. The molecule has 3 rings (SSSR count). The van der Waals surface area contributed by atoms with Crippen LogP contribution in [0.3, 0.4) is 0 Å². The summed E-state index contributed by atoms with van der Waals surface area (Å²) in [5.74, 6) is -0.229. The molecule has 0 aliphatic rings. The van der Waals surface area contributed by atoms with Crippen molar-refractivity contribution < 1.29 is 9.90 Å². The van der Waals surface area contributed by atoms with Crippen LogP contribution in [0.2, 0.25) is 0 Å². The summed E-state index contributed by atoms with van der Waals surface area (Å²) < 4.78 is 1.71. The molecule has 0 saturated heterocycles. The fraction of sp³-hybridized carbons (Fsp3) is 0.0625. The molecule has 1 heterocycles. The van der Waals surface area contributed by atoms with Crippen molar-refractivity contribution in [2.75, 3.05) is 5.32 Å². The van der Waals surface area contributed by atoms with E-state index in [1.807, 2.05) is 12.1 Å². The Bertz CT molecular complexity index is 767. The maximum absolute atomic E-state index is 12.1. The highest BCUT2D eigenvalue weighted by molar-refractivity contribution is 6.04. The summed E-state index contributed by atoms with van der Waals surface area (Å²) in [5, 5.41) is 16.4. The largest absolute Gasteiger partial charge is 0.506 e. The molecule has 0 spiro atoms. The number of benzene rings is 2. The third kappa shape index (κ3) is 3.12. The van der Waals surface area contributed by atoms with Crippen LogP contribution in [0.1, 0.15) is 15.9 Å². The zero-order valence-electron chi connectivity index (χ0n) is 11.7. The van der Waals surface area contributed by atoms with E-state index in [1.54, 1.807) is 41.3 Å². The first-order chi connectivity index (χ1) is 10.7. The Hall–Kier alpha value is -3.15. The van der Waals surface area contributed by atoms with E-state index in [4.69, 9.17) is 0 Å². The third-order valence-corrected chi connectivity index (χ3v) is 3.18. The summed E-state index contributed by atoms with van der Waals surface area (Å²) in [6.45, 7) is 0.599. The molecule has 0 atom stereocenters. The number of phenols is 1. The molecular weight excluding hydrogens is 280 g/mol. The predicted molar refractivity (Wildman–Crippen MR) is 81.6 cm³/mol. The molecule has 6 heteroatoms. The molecule has 0 saturated carbocycles. The van der Waals surface area contributed by atoms with Gasteiger partial charge in [0.2, 0.25) is 0 Å². The lowest BCUT2D eigenvalue weighted by Gasteiger charge is -2.07. The van der Waals surface area contributed by atoms with Crippen molar-refractivity contribution in [3.05, 3.63) is 72.3 Å². The summed E-state index contributed by atoms with van der Waals surface area (Å²) in [7, 11) is 0. The summed E-state index contributed by atoms with van der Waals surface area (Å²) in [6.07, 6.45) is 3.12. The fourth-order valence-electron chi connectivity index (χ4n) is 2.04. The zero-order chi connectivity index (χ0) is 15.4. The van der Waals surface area contributed by atoms with Crippen molar-refractivity contribution in [1.29, 1.82) is 0 Å². The van der Waals surface area contributed by atoms with Gasteiger partial charge in [-0.05, 0) is 29.8 Å². The normalized spacial score (nSPS) is 10.4. The van der Waals surface area contributed by atoms with Crippen LogP contribution in [0.15, 0.2) is 61.2 Å². The summed E-state index contributed by atoms with van der Waals surface area (Å²) >= 11 is 0. The van der Waals surface area contributed by atoms with Crippen LogP contribution in [-0.4, -0.2) is 25.8 Å². The van der Waals surface area contributed by atoms with E-state index >= 15 is 0 Å². The molecule has 2 N–H and O–H groups in total. The number of carbonyl (C=O) groups is 1. The average molecular weight is 294 g/mol. The van der Waals surface area contributed by atoms with Gasteiger partial charge in [0.25, 0.3) is 5.91 Å². The van der Waals surface area contributed by atoms with Crippen molar-refractivity contribution in [3.8, 4) is 5.75 Å². The number of rotatable bonds is 4. The van der Waals surface area contributed by atoms with E-state index in [2.05, 4.69) is 15.4 Å². The van der Waals surface area contributed by atoms with Gasteiger partial charge in [-0.25, -0.2) is 9.67 Å². The topological polar surface area (TPSA) is 80.0 Å². The van der Waals surface area contributed by atoms with Gasteiger partial charge in [-0.3, -0.25) is 4.79 Å². The highest BCUT2D eigenvalue weighted by Crippen LogP contribution is 2.22. The van der Waals surface area contributed by atoms with Crippen LogP contribution in [-0.2, 0) is 6.54 Å². The predicted octanol–water partition coefficient (Wildman–Crippen LogP) is 2.28. The molecule has 0 aliphatic carbocycles. The van der Waals surface area contributed by atoms with E-state index in [1.165, 1.54) is 12.4 Å². The molecule has 0 aliphatic heterocycles. The minimum absolute atomic E-state index is 0.0404. The standard InChI is InChI=1S/C16H14N4O2/c21-15-4-2-1-3-14(15)19-16(22)13-7-5-12(6-8-13)9-20-11-17-10-18-20/h1-8,10-11,21H,9H2,(H,19,22). The molecule has 0 bridgehead atoms. The Morgan fingerprint density at radius 2 is 1.91 bits per heavy atom. The average Bonchev–Trinajstić information content (AvgIpc) is 3.03. The van der Waals surface area contributed by atoms with Crippen LogP contribution >= 0.6 is 0 Å². The molecule has 22 heavy (non-hydrogen) atoms. The van der Waals surface area contributed by atoms with E-state index < -0.39 is 0 Å². The SMILES string of the molecule is O=C(Nc1ccccc1O)c1ccc(Cn2cncn2)cc1. The molecule has 3 aromatic rings. The minimum atomic E-state index is -0.270. The first-order valence-electron chi connectivity index (χ1n) is 6.73. The van der Waals surface area contributed by atoms with Gasteiger partial charge in [0.15, 0.2) is 0 Å². The van der Waals surface area contributed by atoms with Crippen molar-refractivity contribution in [1.82, 2.24) is 14.8 Å². The van der Waals surface area contributed by atoms with Crippen molar-refractivity contribution in [3.63, 3.8) is 0 Å². The smallest absolute Gasteiger partial charge is 0.255 e. The number of aromatic hydroxyl groups is 1. The maximum Gasteiger partial charge on any atom is 0.255 e. The van der Waals surface area contributed by atoms with Gasteiger partial charge in [0.05, 0.1) is 12.2 Å². The number of nitrogens with zero attached hydrogens (tertiary/aromatic N) is 3. The molecular formula is C16H14N4O2. The minimum Gasteiger partial charge on any atom is -0.506 e. The van der Waals surface area contributed by atoms with E-state index in [9.17, 15) is 9.90 Å². The van der Waals surface area contributed by atoms with Crippen LogP contribution in [0.5, 0.6) is 5.75 Å². The highest BCUT2D eigenvalue weighted by Gasteiger charge is 2.08. The van der Waals surface area contributed by atoms with E-state index in [0.29, 0.717) is 17.8 Å². The first-order valence-corrected chi connectivity index (χ1v) is 6.73. The van der Waals surface area contributed by atoms with E-state index in [0.717, 1.165) is 5.56 Å². The number of hydrogen-bond acceptors (Lipinski definition) is 4. The van der Waals surface area contributed by atoms with Crippen LogP contribution in [0, 0.1) is 0 Å². The third-order valence-electron chi connectivity index (χ3n) is 3.18. The highest BCUT2D eigenvalue weighted by atomic mass is 16.3. The molecule has 1 aromatic heterocycles. The molecule has 1 amide bonds. The monoisotopic (exact) mass is 294 g/mol. The number of phenolic OH excluding ortho intramolecular Hbond substituents is 1. The summed E-state index contributed by atoms with van der Waals surface area (Å²) in [6, 6.07) is 13.8. The molecule has 6 nitrogen and oxygen atoms in total. The van der Waals surface area contributed by atoms with Crippen molar-refractivity contribution >= 4 is 11.6 Å². The Morgan fingerprint density at radius 1 is 1.14 bits per heavy atom. The number of amides is 1. The summed E-state index contributed by atoms with van der Waals surface area (Å²) in [5.41, 5.74) is 1.93. The van der Waals surface area contributed by atoms with Gasteiger partial charge in [-0.15, -0.1) is 0 Å². The summed E-state index contributed by atoms with van der Waals surface area (Å²) in [4.78, 5) is 16.0. The second-order valence-corrected chi connectivity index (χ2v) is 4.76. The van der Waals surface area contributed by atoms with Gasteiger partial charge in [0.1, 0.15) is 18.4 Å². The number of para-hydroxylation sites is 2. The number of hydrogen-bond donors (Lipinski definition) is 2. The lowest BCUT2D eigenvalue weighted by Crippen LogP contribution is -2.12. The lowest BCUT2D eigenvalue weighted by molar-refractivity contribution is 0.102. The molecule has 110 valence electrons.